The minimum Gasteiger partial charge on any atom is -0.493 e. The highest BCUT2D eigenvalue weighted by atomic mass is 35.5. The van der Waals surface area contributed by atoms with Crippen LogP contribution in [-0.4, -0.2) is 39.8 Å². The molecule has 114 valence electrons. The molecule has 0 spiro atoms. The lowest BCUT2D eigenvalue weighted by molar-refractivity contribution is 0.166. The smallest absolute Gasteiger partial charge is 0.179 e. The van der Waals surface area contributed by atoms with Crippen molar-refractivity contribution >= 4 is 21.4 Å². The molecule has 1 atom stereocenters. The van der Waals surface area contributed by atoms with Crippen LogP contribution >= 0.6 is 11.6 Å². The van der Waals surface area contributed by atoms with E-state index in [1.54, 1.807) is 12.1 Å². The second kappa shape index (κ2) is 7.15. The number of aliphatic hydroxyl groups is 1. The Labute approximate surface area is 124 Å². The van der Waals surface area contributed by atoms with Crippen LogP contribution in [0.4, 0.5) is 0 Å². The van der Waals surface area contributed by atoms with Crippen LogP contribution in [0.2, 0.25) is 5.02 Å². The van der Waals surface area contributed by atoms with E-state index in [9.17, 15) is 13.5 Å². The molecule has 0 fully saturated rings. The Hall–Kier alpha value is -0.980. The maximum absolute atomic E-state index is 11.0. The normalized spacial score (nSPS) is 13.1. The zero-order valence-corrected chi connectivity index (χ0v) is 13.3. The standard InChI is InChI=1S/C13H19ClO5S/c1-18-12-8-9(7-10(14)13(12)19-2)11(15)5-4-6-20(3,16)17/h7-8,11,15H,4-6H2,1-3H3. The first-order chi connectivity index (χ1) is 9.28. The molecule has 0 aliphatic heterocycles. The third-order valence-electron chi connectivity index (χ3n) is 2.83. The monoisotopic (exact) mass is 322 g/mol. The maximum Gasteiger partial charge on any atom is 0.179 e. The van der Waals surface area contributed by atoms with Gasteiger partial charge in [0.05, 0.1) is 25.3 Å². The van der Waals surface area contributed by atoms with Crippen molar-refractivity contribution in [1.29, 1.82) is 0 Å². The quantitative estimate of drug-likeness (QED) is 0.833. The number of hydrogen-bond donors (Lipinski definition) is 1. The highest BCUT2D eigenvalue weighted by Crippen LogP contribution is 2.38. The highest BCUT2D eigenvalue weighted by Gasteiger charge is 2.16. The van der Waals surface area contributed by atoms with E-state index in [2.05, 4.69) is 0 Å². The highest BCUT2D eigenvalue weighted by molar-refractivity contribution is 7.90. The third kappa shape index (κ3) is 4.85. The number of sulfone groups is 1. The lowest BCUT2D eigenvalue weighted by Crippen LogP contribution is -2.06. The second-order valence-corrected chi connectivity index (χ2v) is 7.19. The molecule has 0 radical (unpaired) electrons. The minimum absolute atomic E-state index is 0.0467. The molecule has 20 heavy (non-hydrogen) atoms. The van der Waals surface area contributed by atoms with Gasteiger partial charge in [-0.25, -0.2) is 8.42 Å². The largest absolute Gasteiger partial charge is 0.493 e. The molecule has 0 aliphatic carbocycles. The van der Waals surface area contributed by atoms with Gasteiger partial charge in [0.1, 0.15) is 9.84 Å². The van der Waals surface area contributed by atoms with E-state index in [1.165, 1.54) is 20.5 Å². The molecule has 1 unspecified atom stereocenters. The summed E-state index contributed by atoms with van der Waals surface area (Å²) in [4.78, 5) is 0. The Bertz CT molecular complexity index is 556. The Kier molecular flexibility index (Phi) is 6.10. The van der Waals surface area contributed by atoms with Gasteiger partial charge in [0, 0.05) is 12.0 Å². The molecule has 1 aromatic carbocycles. The van der Waals surface area contributed by atoms with Crippen LogP contribution in [-0.2, 0) is 9.84 Å². The van der Waals surface area contributed by atoms with Crippen LogP contribution in [0.15, 0.2) is 12.1 Å². The van der Waals surface area contributed by atoms with Crippen molar-refractivity contribution in [2.24, 2.45) is 0 Å². The van der Waals surface area contributed by atoms with Gasteiger partial charge >= 0.3 is 0 Å². The Morgan fingerprint density at radius 3 is 2.45 bits per heavy atom. The molecule has 0 heterocycles. The zero-order chi connectivity index (χ0) is 15.3. The number of benzene rings is 1. The lowest BCUT2D eigenvalue weighted by Gasteiger charge is -2.15. The van der Waals surface area contributed by atoms with Gasteiger partial charge in [-0.1, -0.05) is 11.6 Å². The van der Waals surface area contributed by atoms with Gasteiger partial charge in [-0.2, -0.15) is 0 Å². The Morgan fingerprint density at radius 1 is 1.30 bits per heavy atom. The summed E-state index contributed by atoms with van der Waals surface area (Å²) in [7, 11) is -0.0572. The molecule has 7 heteroatoms. The molecular formula is C13H19ClO5S. The fourth-order valence-corrected chi connectivity index (χ4v) is 2.82. The summed E-state index contributed by atoms with van der Waals surface area (Å²) in [6, 6.07) is 3.23. The Balaban J connectivity index is 2.83. The van der Waals surface area contributed by atoms with Crippen molar-refractivity contribution < 1.29 is 23.0 Å². The molecule has 0 aromatic heterocycles. The summed E-state index contributed by atoms with van der Waals surface area (Å²) in [6.07, 6.45) is 1.09. The van der Waals surface area contributed by atoms with Crippen molar-refractivity contribution in [3.63, 3.8) is 0 Å². The Morgan fingerprint density at radius 2 is 1.95 bits per heavy atom. The maximum atomic E-state index is 11.0. The lowest BCUT2D eigenvalue weighted by atomic mass is 10.0. The number of hydrogen-bond acceptors (Lipinski definition) is 5. The summed E-state index contributed by atoms with van der Waals surface area (Å²) in [5, 5.41) is 10.4. The molecule has 0 saturated carbocycles. The molecular weight excluding hydrogens is 304 g/mol. The van der Waals surface area contributed by atoms with Crippen molar-refractivity contribution in [2.45, 2.75) is 18.9 Å². The van der Waals surface area contributed by atoms with Crippen LogP contribution in [0.25, 0.3) is 0 Å². The molecule has 5 nitrogen and oxygen atoms in total. The van der Waals surface area contributed by atoms with Gasteiger partial charge in [-0.15, -0.1) is 0 Å². The fourth-order valence-electron chi connectivity index (χ4n) is 1.84. The topological polar surface area (TPSA) is 72.8 Å². The van der Waals surface area contributed by atoms with Crippen LogP contribution in [0.5, 0.6) is 11.5 Å². The molecule has 1 rings (SSSR count). The van der Waals surface area contributed by atoms with Crippen LogP contribution in [0.1, 0.15) is 24.5 Å². The molecule has 0 bridgehead atoms. The van der Waals surface area contributed by atoms with Crippen molar-refractivity contribution in [1.82, 2.24) is 0 Å². The first kappa shape index (κ1) is 17.1. The first-order valence-electron chi connectivity index (χ1n) is 6.05. The van der Waals surface area contributed by atoms with E-state index in [0.717, 1.165) is 0 Å². The summed E-state index contributed by atoms with van der Waals surface area (Å²) in [6.45, 7) is 0. The summed E-state index contributed by atoms with van der Waals surface area (Å²) in [5.41, 5.74) is 0.571. The average molecular weight is 323 g/mol. The molecule has 0 aliphatic rings. The van der Waals surface area contributed by atoms with Gasteiger partial charge in [-0.3, -0.25) is 0 Å². The van der Waals surface area contributed by atoms with Crippen LogP contribution < -0.4 is 9.47 Å². The summed E-state index contributed by atoms with van der Waals surface area (Å²) in [5.74, 6) is 0.879. The molecule has 1 N–H and O–H groups in total. The summed E-state index contributed by atoms with van der Waals surface area (Å²) < 4.78 is 32.4. The van der Waals surface area contributed by atoms with Crippen LogP contribution in [0.3, 0.4) is 0 Å². The number of methoxy groups -OCH3 is 2. The van der Waals surface area contributed by atoms with Gasteiger partial charge in [-0.05, 0) is 30.5 Å². The third-order valence-corrected chi connectivity index (χ3v) is 4.14. The first-order valence-corrected chi connectivity index (χ1v) is 8.49. The fraction of sp³-hybridized carbons (Fsp3) is 0.538. The van der Waals surface area contributed by atoms with E-state index in [1.807, 2.05) is 0 Å². The molecule has 0 saturated heterocycles. The molecule has 0 amide bonds. The average Bonchev–Trinajstić information content (AvgIpc) is 2.35. The predicted molar refractivity (Wildman–Crippen MR) is 78.5 cm³/mol. The van der Waals surface area contributed by atoms with Crippen molar-refractivity contribution in [3.8, 4) is 11.5 Å². The van der Waals surface area contributed by atoms with Gasteiger partial charge in [0.2, 0.25) is 0 Å². The van der Waals surface area contributed by atoms with Crippen LogP contribution in [0, 0.1) is 0 Å². The van der Waals surface area contributed by atoms with E-state index in [-0.39, 0.29) is 5.75 Å². The van der Waals surface area contributed by atoms with Crippen molar-refractivity contribution in [3.05, 3.63) is 22.7 Å². The van der Waals surface area contributed by atoms with E-state index < -0.39 is 15.9 Å². The SMILES string of the molecule is COc1cc(C(O)CCCS(C)(=O)=O)cc(Cl)c1OC. The minimum atomic E-state index is -3.02. The number of halogens is 1. The van der Waals surface area contributed by atoms with Gasteiger partial charge in [0.25, 0.3) is 0 Å². The number of rotatable bonds is 7. The van der Waals surface area contributed by atoms with E-state index >= 15 is 0 Å². The van der Waals surface area contributed by atoms with Crippen molar-refractivity contribution in [2.75, 3.05) is 26.2 Å². The summed E-state index contributed by atoms with van der Waals surface area (Å²) >= 11 is 6.05. The van der Waals surface area contributed by atoms with E-state index in [0.29, 0.717) is 34.9 Å². The predicted octanol–water partition coefficient (Wildman–Crippen LogP) is 2.22. The number of aliphatic hydroxyl groups excluding tert-OH is 1. The second-order valence-electron chi connectivity index (χ2n) is 4.53. The van der Waals surface area contributed by atoms with Gasteiger partial charge < -0.3 is 14.6 Å². The molecule has 1 aromatic rings. The zero-order valence-electron chi connectivity index (χ0n) is 11.7. The van der Waals surface area contributed by atoms with Gasteiger partial charge in [0.15, 0.2) is 11.5 Å². The number of ether oxygens (including phenoxy) is 2. The van der Waals surface area contributed by atoms with E-state index in [4.69, 9.17) is 21.1 Å².